The number of hydrogen-bond acceptors (Lipinski definition) is 4. The summed E-state index contributed by atoms with van der Waals surface area (Å²) >= 11 is 0. The normalized spacial score (nSPS) is 17.2. The highest BCUT2D eigenvalue weighted by Crippen LogP contribution is 2.19. The zero-order valence-electron chi connectivity index (χ0n) is 12.8. The molecule has 0 fully saturated rings. The predicted octanol–water partition coefficient (Wildman–Crippen LogP) is 3.65. The number of esters is 1. The second kappa shape index (κ2) is 8.01. The van der Waals surface area contributed by atoms with Gasteiger partial charge in [0.1, 0.15) is 11.3 Å². The molecule has 0 saturated heterocycles. The number of methoxy groups -OCH3 is 1. The molecule has 1 heterocycles. The Morgan fingerprint density at radius 3 is 2.19 bits per heavy atom. The summed E-state index contributed by atoms with van der Waals surface area (Å²) in [5.41, 5.74) is 0.437. The maximum Gasteiger partial charge on any atom is 0.350 e. The fraction of sp³-hybridized carbons (Fsp3) is 0.647. The van der Waals surface area contributed by atoms with E-state index in [1.54, 1.807) is 6.07 Å². The molecule has 0 bridgehead atoms. The first kappa shape index (κ1) is 15.8. The van der Waals surface area contributed by atoms with Crippen molar-refractivity contribution in [2.45, 2.75) is 64.2 Å². The standard InChI is InChI=1S/C17H24O4/c1-20-16(18)14-12-13-10-8-6-4-2-3-5-7-9-11-15(13)21-17(14)19/h12H,2-11H2,1H3. The van der Waals surface area contributed by atoms with Crippen LogP contribution < -0.4 is 5.63 Å². The van der Waals surface area contributed by atoms with Crippen LogP contribution in [0.25, 0.3) is 0 Å². The molecule has 0 aromatic carbocycles. The zero-order chi connectivity index (χ0) is 15.1. The number of carbonyl (C=O) groups excluding carboxylic acids is 1. The van der Waals surface area contributed by atoms with E-state index in [9.17, 15) is 9.59 Å². The van der Waals surface area contributed by atoms with E-state index in [1.807, 2.05) is 0 Å². The molecule has 1 aliphatic carbocycles. The molecule has 1 aromatic rings. The first-order chi connectivity index (χ1) is 10.2. The Hall–Kier alpha value is -1.58. The van der Waals surface area contributed by atoms with Crippen molar-refractivity contribution in [1.82, 2.24) is 0 Å². The molecule has 2 rings (SSSR count). The Kier molecular flexibility index (Phi) is 6.03. The van der Waals surface area contributed by atoms with Crippen molar-refractivity contribution in [3.05, 3.63) is 33.4 Å². The van der Waals surface area contributed by atoms with Crippen LogP contribution in [0, 0.1) is 0 Å². The largest absolute Gasteiger partial charge is 0.465 e. The van der Waals surface area contributed by atoms with E-state index >= 15 is 0 Å². The van der Waals surface area contributed by atoms with Crippen molar-refractivity contribution in [2.24, 2.45) is 0 Å². The molecule has 21 heavy (non-hydrogen) atoms. The number of hydrogen-bond donors (Lipinski definition) is 0. The van der Waals surface area contributed by atoms with Gasteiger partial charge in [0.2, 0.25) is 0 Å². The van der Waals surface area contributed by atoms with Gasteiger partial charge in [-0.25, -0.2) is 9.59 Å². The van der Waals surface area contributed by atoms with E-state index in [1.165, 1.54) is 45.6 Å². The lowest BCUT2D eigenvalue weighted by molar-refractivity contribution is 0.0595. The van der Waals surface area contributed by atoms with E-state index in [0.717, 1.165) is 37.0 Å². The Labute approximate surface area is 125 Å². The van der Waals surface area contributed by atoms with Crippen LogP contribution in [0.2, 0.25) is 0 Å². The Morgan fingerprint density at radius 1 is 1.00 bits per heavy atom. The van der Waals surface area contributed by atoms with Crippen LogP contribution in [-0.4, -0.2) is 13.1 Å². The summed E-state index contributed by atoms with van der Waals surface area (Å²) in [6, 6.07) is 1.68. The van der Waals surface area contributed by atoms with Gasteiger partial charge in [0.05, 0.1) is 7.11 Å². The fourth-order valence-electron chi connectivity index (χ4n) is 2.88. The third-order valence-electron chi connectivity index (χ3n) is 4.12. The maximum absolute atomic E-state index is 11.9. The van der Waals surface area contributed by atoms with Gasteiger partial charge in [-0.15, -0.1) is 0 Å². The highest BCUT2D eigenvalue weighted by atomic mass is 16.5. The van der Waals surface area contributed by atoms with Crippen LogP contribution in [0.4, 0.5) is 0 Å². The lowest BCUT2D eigenvalue weighted by Crippen LogP contribution is -2.17. The molecule has 1 aliphatic rings. The first-order valence-corrected chi connectivity index (χ1v) is 7.96. The molecule has 0 unspecified atom stereocenters. The van der Waals surface area contributed by atoms with Crippen LogP contribution in [0.15, 0.2) is 15.3 Å². The molecular formula is C17H24O4. The molecule has 4 nitrogen and oxygen atoms in total. The smallest absolute Gasteiger partial charge is 0.350 e. The molecular weight excluding hydrogens is 268 g/mol. The third kappa shape index (κ3) is 4.45. The van der Waals surface area contributed by atoms with E-state index in [4.69, 9.17) is 4.42 Å². The molecule has 1 aromatic heterocycles. The van der Waals surface area contributed by atoms with Crippen LogP contribution in [-0.2, 0) is 17.6 Å². The van der Waals surface area contributed by atoms with Gasteiger partial charge in [-0.2, -0.15) is 0 Å². The Balaban J connectivity index is 2.25. The van der Waals surface area contributed by atoms with Crippen molar-refractivity contribution in [1.29, 1.82) is 0 Å². The number of aryl methyl sites for hydroxylation is 2. The first-order valence-electron chi connectivity index (χ1n) is 7.96. The Bertz CT molecular complexity index is 530. The minimum atomic E-state index is -0.613. The van der Waals surface area contributed by atoms with Crippen molar-refractivity contribution in [2.75, 3.05) is 7.11 Å². The average Bonchev–Trinajstić information content (AvgIpc) is 2.48. The zero-order valence-corrected chi connectivity index (χ0v) is 12.8. The van der Waals surface area contributed by atoms with Gasteiger partial charge in [-0.1, -0.05) is 38.5 Å². The predicted molar refractivity (Wildman–Crippen MR) is 80.7 cm³/mol. The van der Waals surface area contributed by atoms with E-state index in [2.05, 4.69) is 4.74 Å². The van der Waals surface area contributed by atoms with Gasteiger partial charge in [0.15, 0.2) is 0 Å². The number of fused-ring (bicyclic) bond motifs is 1. The minimum absolute atomic E-state index is 0.0170. The molecule has 0 spiro atoms. The maximum atomic E-state index is 11.9. The summed E-state index contributed by atoms with van der Waals surface area (Å²) in [6.07, 6.45) is 11.2. The SMILES string of the molecule is COC(=O)c1cc2c(oc1=O)CCCCCCCCCC2. The lowest BCUT2D eigenvalue weighted by Gasteiger charge is -2.11. The van der Waals surface area contributed by atoms with Crippen LogP contribution in [0.3, 0.4) is 0 Å². The molecule has 0 atom stereocenters. The summed E-state index contributed by atoms with van der Waals surface area (Å²) in [6.45, 7) is 0. The molecule has 0 radical (unpaired) electrons. The van der Waals surface area contributed by atoms with E-state index < -0.39 is 11.6 Å². The number of carbonyl (C=O) groups is 1. The topological polar surface area (TPSA) is 56.5 Å². The Morgan fingerprint density at radius 2 is 1.57 bits per heavy atom. The van der Waals surface area contributed by atoms with Crippen LogP contribution >= 0.6 is 0 Å². The van der Waals surface area contributed by atoms with Gasteiger partial charge in [-0.3, -0.25) is 0 Å². The summed E-state index contributed by atoms with van der Waals surface area (Å²) in [5, 5.41) is 0. The molecule has 0 aliphatic heterocycles. The fourth-order valence-corrected chi connectivity index (χ4v) is 2.88. The van der Waals surface area contributed by atoms with Gasteiger partial charge < -0.3 is 9.15 Å². The van der Waals surface area contributed by atoms with Crippen molar-refractivity contribution in [3.63, 3.8) is 0 Å². The minimum Gasteiger partial charge on any atom is -0.465 e. The highest BCUT2D eigenvalue weighted by molar-refractivity contribution is 5.88. The monoisotopic (exact) mass is 292 g/mol. The van der Waals surface area contributed by atoms with Gasteiger partial charge >= 0.3 is 11.6 Å². The van der Waals surface area contributed by atoms with Crippen LogP contribution in [0.1, 0.15) is 73.0 Å². The summed E-state index contributed by atoms with van der Waals surface area (Å²) in [7, 11) is 1.28. The molecule has 4 heteroatoms. The number of rotatable bonds is 1. The average molecular weight is 292 g/mol. The van der Waals surface area contributed by atoms with Gasteiger partial charge in [0.25, 0.3) is 0 Å². The van der Waals surface area contributed by atoms with E-state index in [0.29, 0.717) is 0 Å². The lowest BCUT2D eigenvalue weighted by atomic mass is 9.98. The van der Waals surface area contributed by atoms with Gasteiger partial charge in [-0.05, 0) is 30.9 Å². The molecule has 0 N–H and O–H groups in total. The van der Waals surface area contributed by atoms with Crippen molar-refractivity contribution >= 4 is 5.97 Å². The summed E-state index contributed by atoms with van der Waals surface area (Å²) in [4.78, 5) is 23.5. The molecule has 116 valence electrons. The van der Waals surface area contributed by atoms with Crippen molar-refractivity contribution < 1.29 is 13.9 Å². The second-order valence-electron chi connectivity index (χ2n) is 5.72. The molecule has 0 amide bonds. The number of ether oxygens (including phenoxy) is 1. The third-order valence-corrected chi connectivity index (χ3v) is 4.12. The molecule has 0 saturated carbocycles. The van der Waals surface area contributed by atoms with Gasteiger partial charge in [0, 0.05) is 6.42 Å². The quantitative estimate of drug-likeness (QED) is 0.741. The summed E-state index contributed by atoms with van der Waals surface area (Å²) in [5.74, 6) is 0.144. The highest BCUT2D eigenvalue weighted by Gasteiger charge is 2.17. The van der Waals surface area contributed by atoms with Crippen LogP contribution in [0.5, 0.6) is 0 Å². The van der Waals surface area contributed by atoms with E-state index in [-0.39, 0.29) is 5.56 Å². The summed E-state index contributed by atoms with van der Waals surface area (Å²) < 4.78 is 10.0. The van der Waals surface area contributed by atoms with Crippen molar-refractivity contribution in [3.8, 4) is 0 Å². The second-order valence-corrected chi connectivity index (χ2v) is 5.72.